The fourth-order valence-corrected chi connectivity index (χ4v) is 3.16. The summed E-state index contributed by atoms with van der Waals surface area (Å²) in [5, 5.41) is 3.01. The molecule has 4 heteroatoms. The highest BCUT2D eigenvalue weighted by Crippen LogP contribution is 2.32. The number of carbonyl (C=O) groups is 1. The van der Waals surface area contributed by atoms with Crippen LogP contribution in [-0.2, 0) is 11.2 Å². The zero-order valence-corrected chi connectivity index (χ0v) is 15.4. The Kier molecular flexibility index (Phi) is 5.82. The zero-order valence-electron chi connectivity index (χ0n) is 15.4. The van der Waals surface area contributed by atoms with Gasteiger partial charge in [0.05, 0.1) is 5.69 Å². The van der Waals surface area contributed by atoms with Crippen molar-refractivity contribution in [2.24, 2.45) is 10.9 Å². The number of nitrogens with one attached hydrogen (secondary N) is 1. The Morgan fingerprint density at radius 2 is 1.92 bits per heavy atom. The maximum absolute atomic E-state index is 13.1. The fraction of sp³-hybridized carbons (Fsp3) is 0.364. The molecule has 2 aromatic rings. The Bertz CT molecular complexity index is 811. The van der Waals surface area contributed by atoms with E-state index in [9.17, 15) is 9.18 Å². The van der Waals surface area contributed by atoms with Crippen LogP contribution in [0.5, 0.6) is 0 Å². The van der Waals surface area contributed by atoms with Gasteiger partial charge >= 0.3 is 0 Å². The number of hydrogen-bond donors (Lipinski definition) is 1. The molecule has 0 aliphatic carbocycles. The minimum absolute atomic E-state index is 0.0760. The molecule has 1 aliphatic heterocycles. The third-order valence-corrected chi connectivity index (χ3v) is 4.80. The second kappa shape index (κ2) is 8.26. The molecule has 0 aromatic heterocycles. The first-order valence-corrected chi connectivity index (χ1v) is 9.31. The van der Waals surface area contributed by atoms with Crippen molar-refractivity contribution >= 4 is 17.3 Å². The quantitative estimate of drug-likeness (QED) is 0.743. The van der Waals surface area contributed by atoms with Crippen LogP contribution < -0.4 is 5.32 Å². The lowest BCUT2D eigenvalue weighted by molar-refractivity contribution is -0.115. The number of benzene rings is 2. The molecule has 0 saturated carbocycles. The summed E-state index contributed by atoms with van der Waals surface area (Å²) in [6, 6.07) is 12.4. The average molecular weight is 352 g/mol. The van der Waals surface area contributed by atoms with E-state index in [4.69, 9.17) is 0 Å². The van der Waals surface area contributed by atoms with Gasteiger partial charge < -0.3 is 5.32 Å². The van der Waals surface area contributed by atoms with E-state index < -0.39 is 0 Å². The predicted octanol–water partition coefficient (Wildman–Crippen LogP) is 5.06. The Morgan fingerprint density at radius 3 is 2.65 bits per heavy atom. The molecule has 136 valence electrons. The van der Waals surface area contributed by atoms with E-state index in [1.807, 2.05) is 18.2 Å². The van der Waals surface area contributed by atoms with E-state index in [0.29, 0.717) is 24.6 Å². The van der Waals surface area contributed by atoms with Gasteiger partial charge in [-0.15, -0.1) is 0 Å². The molecule has 0 fully saturated rings. The number of aliphatic imine (C=N–C) groups is 1. The predicted molar refractivity (Wildman–Crippen MR) is 104 cm³/mol. The lowest BCUT2D eigenvalue weighted by atomic mass is 10.0. The maximum Gasteiger partial charge on any atom is 0.266 e. The van der Waals surface area contributed by atoms with Crippen molar-refractivity contribution in [1.82, 2.24) is 5.32 Å². The highest BCUT2D eigenvalue weighted by Gasteiger charge is 2.21. The van der Waals surface area contributed by atoms with Gasteiger partial charge in [-0.25, -0.2) is 9.38 Å². The summed E-state index contributed by atoms with van der Waals surface area (Å²) < 4.78 is 13.1. The minimum Gasteiger partial charge on any atom is -0.351 e. The van der Waals surface area contributed by atoms with Gasteiger partial charge in [0, 0.05) is 13.0 Å². The highest BCUT2D eigenvalue weighted by molar-refractivity contribution is 6.40. The lowest BCUT2D eigenvalue weighted by Gasteiger charge is -2.11. The summed E-state index contributed by atoms with van der Waals surface area (Å²) in [5.74, 6) is 0.154. The topological polar surface area (TPSA) is 41.5 Å². The first kappa shape index (κ1) is 18.3. The van der Waals surface area contributed by atoms with Gasteiger partial charge in [0.1, 0.15) is 11.5 Å². The van der Waals surface area contributed by atoms with Gasteiger partial charge in [-0.1, -0.05) is 51.0 Å². The van der Waals surface area contributed by atoms with Gasteiger partial charge in [-0.05, 0) is 47.2 Å². The van der Waals surface area contributed by atoms with E-state index >= 15 is 0 Å². The summed E-state index contributed by atoms with van der Waals surface area (Å²) in [6.07, 6.45) is 4.06. The second-order valence-corrected chi connectivity index (χ2v) is 7.04. The van der Waals surface area contributed by atoms with Crippen LogP contribution in [0, 0.1) is 11.7 Å². The lowest BCUT2D eigenvalue weighted by Crippen LogP contribution is -2.34. The molecular formula is C22H25FN2O. The van der Waals surface area contributed by atoms with Crippen molar-refractivity contribution in [3.05, 3.63) is 53.8 Å². The highest BCUT2D eigenvalue weighted by atomic mass is 19.1. The summed E-state index contributed by atoms with van der Waals surface area (Å²) in [7, 11) is 0. The van der Waals surface area contributed by atoms with Gasteiger partial charge in [0.25, 0.3) is 5.91 Å². The summed E-state index contributed by atoms with van der Waals surface area (Å²) in [4.78, 5) is 16.9. The first-order valence-electron chi connectivity index (χ1n) is 9.31. The Morgan fingerprint density at radius 1 is 1.19 bits per heavy atom. The second-order valence-electron chi connectivity index (χ2n) is 7.04. The van der Waals surface area contributed by atoms with Crippen molar-refractivity contribution < 1.29 is 9.18 Å². The standard InChI is InChI=1S/C22H25FN2O/c1-3-4-5-15(2)14-24-22(26)21-13-18-7-6-17(12-20(18)25-21)16-8-10-19(23)11-9-16/h6-12,15H,3-5,13-14H2,1-2H3,(H,24,26)/t15-/m0/s1. The van der Waals surface area contributed by atoms with Crippen molar-refractivity contribution in [3.63, 3.8) is 0 Å². The molecule has 0 saturated heterocycles. The van der Waals surface area contributed by atoms with Crippen LogP contribution in [0.15, 0.2) is 47.5 Å². The Balaban J connectivity index is 1.66. The molecule has 1 atom stereocenters. The molecule has 1 aliphatic rings. The van der Waals surface area contributed by atoms with E-state index in [0.717, 1.165) is 28.8 Å². The van der Waals surface area contributed by atoms with Gasteiger partial charge in [-0.2, -0.15) is 0 Å². The molecule has 1 amide bonds. The molecule has 0 unspecified atom stereocenters. The number of unbranched alkanes of at least 4 members (excludes halogenated alkanes) is 1. The van der Waals surface area contributed by atoms with Crippen LogP contribution in [0.3, 0.4) is 0 Å². The number of halogens is 1. The minimum atomic E-state index is -0.250. The van der Waals surface area contributed by atoms with Gasteiger partial charge in [0.15, 0.2) is 0 Å². The van der Waals surface area contributed by atoms with E-state index in [-0.39, 0.29) is 11.7 Å². The molecule has 2 aromatic carbocycles. The maximum atomic E-state index is 13.1. The van der Waals surface area contributed by atoms with Crippen molar-refractivity contribution in [2.75, 3.05) is 6.54 Å². The Labute approximate surface area is 154 Å². The molecule has 1 N–H and O–H groups in total. The van der Waals surface area contributed by atoms with Crippen molar-refractivity contribution in [3.8, 4) is 11.1 Å². The third-order valence-electron chi connectivity index (χ3n) is 4.80. The largest absolute Gasteiger partial charge is 0.351 e. The van der Waals surface area contributed by atoms with Crippen LogP contribution in [0.1, 0.15) is 38.7 Å². The van der Waals surface area contributed by atoms with Crippen LogP contribution in [0.25, 0.3) is 11.1 Å². The van der Waals surface area contributed by atoms with E-state index in [1.54, 1.807) is 12.1 Å². The zero-order chi connectivity index (χ0) is 18.5. The molecule has 1 heterocycles. The smallest absolute Gasteiger partial charge is 0.266 e. The summed E-state index contributed by atoms with van der Waals surface area (Å²) in [5.41, 5.74) is 4.37. The van der Waals surface area contributed by atoms with Gasteiger partial charge in [-0.3, -0.25) is 4.79 Å². The summed E-state index contributed by atoms with van der Waals surface area (Å²) >= 11 is 0. The number of hydrogen-bond acceptors (Lipinski definition) is 2. The SMILES string of the molecule is CCCC[C@H](C)CNC(=O)C1=Nc2cc(-c3ccc(F)cc3)ccc2C1. The van der Waals surface area contributed by atoms with Crippen LogP contribution in [0.2, 0.25) is 0 Å². The number of carbonyl (C=O) groups excluding carboxylic acids is 1. The van der Waals surface area contributed by atoms with Crippen LogP contribution >= 0.6 is 0 Å². The number of amides is 1. The average Bonchev–Trinajstić information content (AvgIpc) is 3.08. The fourth-order valence-electron chi connectivity index (χ4n) is 3.16. The molecule has 0 spiro atoms. The molecule has 26 heavy (non-hydrogen) atoms. The number of rotatable bonds is 7. The normalized spacial score (nSPS) is 13.9. The Hall–Kier alpha value is -2.49. The summed E-state index contributed by atoms with van der Waals surface area (Å²) in [6.45, 7) is 5.03. The molecule has 3 nitrogen and oxygen atoms in total. The molecular weight excluding hydrogens is 327 g/mol. The van der Waals surface area contributed by atoms with E-state index in [1.165, 1.54) is 25.0 Å². The van der Waals surface area contributed by atoms with Crippen LogP contribution in [-0.4, -0.2) is 18.2 Å². The van der Waals surface area contributed by atoms with E-state index in [2.05, 4.69) is 24.2 Å². The number of nitrogens with zero attached hydrogens (tertiary/aromatic N) is 1. The monoisotopic (exact) mass is 352 g/mol. The molecule has 3 rings (SSSR count). The van der Waals surface area contributed by atoms with Crippen LogP contribution in [0.4, 0.5) is 10.1 Å². The molecule has 0 radical (unpaired) electrons. The van der Waals surface area contributed by atoms with Crippen molar-refractivity contribution in [1.29, 1.82) is 0 Å². The first-order chi connectivity index (χ1) is 12.6. The number of fused-ring (bicyclic) bond motifs is 1. The third kappa shape index (κ3) is 4.37. The van der Waals surface area contributed by atoms with Gasteiger partial charge in [0.2, 0.25) is 0 Å². The van der Waals surface area contributed by atoms with Crippen molar-refractivity contribution in [2.45, 2.75) is 39.5 Å². The molecule has 0 bridgehead atoms.